The Kier molecular flexibility index (Phi) is 8.67. The fourth-order valence-corrected chi connectivity index (χ4v) is 2.85. The molecule has 118 valence electrons. The summed E-state index contributed by atoms with van der Waals surface area (Å²) in [4.78, 5) is 4.25. The highest BCUT2D eigenvalue weighted by Gasteiger charge is 2.24. The highest BCUT2D eigenvalue weighted by Crippen LogP contribution is 2.30. The molecule has 2 N–H and O–H groups in total. The molecule has 0 bridgehead atoms. The maximum atomic E-state index is 5.94. The van der Waals surface area contributed by atoms with E-state index < -0.39 is 0 Å². The quantitative estimate of drug-likeness (QED) is 0.532. The molecule has 0 spiro atoms. The second kappa shape index (κ2) is 10.0. The zero-order valence-corrected chi connectivity index (χ0v) is 13.7. The van der Waals surface area contributed by atoms with Crippen LogP contribution in [0.25, 0.3) is 0 Å². The van der Waals surface area contributed by atoms with E-state index in [9.17, 15) is 0 Å². The minimum Gasteiger partial charge on any atom is -0.378 e. The molecule has 1 saturated carbocycles. The third-order valence-corrected chi connectivity index (χ3v) is 3.93. The first-order valence-electron chi connectivity index (χ1n) is 8.23. The number of rotatable bonds is 8. The number of aliphatic imine (C=N–C) groups is 1. The Morgan fingerprint density at radius 1 is 1.25 bits per heavy atom. The van der Waals surface area contributed by atoms with Gasteiger partial charge in [0.25, 0.3) is 0 Å². The molecule has 1 fully saturated rings. The van der Waals surface area contributed by atoms with Crippen LogP contribution in [0.15, 0.2) is 4.99 Å². The van der Waals surface area contributed by atoms with Gasteiger partial charge < -0.3 is 15.4 Å². The molecule has 0 aromatic carbocycles. The van der Waals surface area contributed by atoms with Crippen molar-refractivity contribution >= 4 is 5.96 Å². The van der Waals surface area contributed by atoms with E-state index in [1.807, 2.05) is 7.05 Å². The average molecular weight is 283 g/mol. The van der Waals surface area contributed by atoms with E-state index in [1.54, 1.807) is 0 Å². The van der Waals surface area contributed by atoms with Gasteiger partial charge in [0, 0.05) is 26.7 Å². The Labute approximate surface area is 124 Å². The molecular weight excluding hydrogens is 250 g/mol. The first-order valence-corrected chi connectivity index (χ1v) is 8.23. The summed E-state index contributed by atoms with van der Waals surface area (Å²) in [5.74, 6) is 2.30. The van der Waals surface area contributed by atoms with E-state index in [0.29, 0.717) is 12.0 Å². The van der Waals surface area contributed by atoms with Gasteiger partial charge in [0.05, 0.1) is 6.10 Å². The molecule has 1 atom stereocenters. The third-order valence-electron chi connectivity index (χ3n) is 3.93. The second-order valence-corrected chi connectivity index (χ2v) is 6.10. The van der Waals surface area contributed by atoms with Crippen LogP contribution < -0.4 is 10.6 Å². The van der Waals surface area contributed by atoms with Gasteiger partial charge in [0.15, 0.2) is 5.96 Å². The molecule has 4 heteroatoms. The van der Waals surface area contributed by atoms with E-state index in [2.05, 4.69) is 36.4 Å². The third kappa shape index (κ3) is 6.60. The fourth-order valence-electron chi connectivity index (χ4n) is 2.85. The highest BCUT2D eigenvalue weighted by atomic mass is 16.5. The molecule has 1 rings (SSSR count). The maximum absolute atomic E-state index is 5.94. The van der Waals surface area contributed by atoms with Crippen LogP contribution in [0, 0.1) is 11.8 Å². The Morgan fingerprint density at radius 2 is 1.95 bits per heavy atom. The second-order valence-electron chi connectivity index (χ2n) is 6.10. The summed E-state index contributed by atoms with van der Waals surface area (Å²) in [7, 11) is 1.83. The number of nitrogens with zero attached hydrogens (tertiary/aromatic N) is 1. The van der Waals surface area contributed by atoms with Crippen LogP contribution in [0.1, 0.15) is 52.9 Å². The molecular formula is C16H33N3O. The van der Waals surface area contributed by atoms with Gasteiger partial charge in [-0.2, -0.15) is 0 Å². The molecule has 1 aliphatic carbocycles. The summed E-state index contributed by atoms with van der Waals surface area (Å²) >= 11 is 0. The van der Waals surface area contributed by atoms with Crippen molar-refractivity contribution in [3.63, 3.8) is 0 Å². The highest BCUT2D eigenvalue weighted by molar-refractivity contribution is 5.79. The Hall–Kier alpha value is -0.770. The molecule has 0 aromatic rings. The van der Waals surface area contributed by atoms with Gasteiger partial charge in [0.1, 0.15) is 0 Å². The first-order chi connectivity index (χ1) is 9.67. The summed E-state index contributed by atoms with van der Waals surface area (Å²) in [6.45, 7) is 9.20. The number of hydrogen-bond donors (Lipinski definition) is 2. The zero-order valence-electron chi connectivity index (χ0n) is 13.7. The van der Waals surface area contributed by atoms with Crippen LogP contribution in [-0.2, 0) is 4.74 Å². The van der Waals surface area contributed by atoms with Gasteiger partial charge in [0.2, 0.25) is 0 Å². The molecule has 0 saturated heterocycles. The summed E-state index contributed by atoms with van der Waals surface area (Å²) in [6, 6.07) is 0. The Morgan fingerprint density at radius 3 is 2.50 bits per heavy atom. The van der Waals surface area contributed by atoms with Crippen LogP contribution >= 0.6 is 0 Å². The largest absolute Gasteiger partial charge is 0.378 e. The topological polar surface area (TPSA) is 45.6 Å². The van der Waals surface area contributed by atoms with Crippen molar-refractivity contribution < 1.29 is 4.74 Å². The van der Waals surface area contributed by atoms with E-state index >= 15 is 0 Å². The molecule has 0 aliphatic heterocycles. The molecule has 4 nitrogen and oxygen atoms in total. The van der Waals surface area contributed by atoms with Gasteiger partial charge in [-0.25, -0.2) is 0 Å². The van der Waals surface area contributed by atoms with Crippen LogP contribution in [-0.4, -0.2) is 38.8 Å². The fraction of sp³-hybridized carbons (Fsp3) is 0.938. The molecule has 1 aliphatic rings. The molecule has 0 heterocycles. The van der Waals surface area contributed by atoms with Crippen molar-refractivity contribution in [1.82, 2.24) is 10.6 Å². The summed E-state index contributed by atoms with van der Waals surface area (Å²) in [5.41, 5.74) is 0. The number of guanidine groups is 1. The lowest BCUT2D eigenvalue weighted by atomic mass is 9.98. The van der Waals surface area contributed by atoms with E-state index in [1.165, 1.54) is 25.7 Å². The Balaban J connectivity index is 2.27. The minimum atomic E-state index is 0.415. The van der Waals surface area contributed by atoms with Crippen LogP contribution in [0.4, 0.5) is 0 Å². The van der Waals surface area contributed by atoms with Crippen molar-refractivity contribution in [1.29, 1.82) is 0 Å². The molecule has 0 amide bonds. The van der Waals surface area contributed by atoms with Crippen molar-refractivity contribution in [3.05, 3.63) is 0 Å². The predicted octanol–water partition coefficient (Wildman–Crippen LogP) is 2.79. The molecule has 0 radical (unpaired) electrons. The first kappa shape index (κ1) is 17.3. The maximum Gasteiger partial charge on any atom is 0.190 e. The van der Waals surface area contributed by atoms with Gasteiger partial charge >= 0.3 is 0 Å². The smallest absolute Gasteiger partial charge is 0.190 e. The standard InChI is InChI=1S/C16H33N3O/c1-5-20-15(14-8-6-7-9-14)10-11-18-16(17-4)19-12-13(2)3/h13-15H,5-12H2,1-4H3,(H2,17,18,19). The van der Waals surface area contributed by atoms with Crippen molar-refractivity contribution in [3.8, 4) is 0 Å². The lowest BCUT2D eigenvalue weighted by Gasteiger charge is -2.24. The molecule has 20 heavy (non-hydrogen) atoms. The lowest BCUT2D eigenvalue weighted by Crippen LogP contribution is -2.40. The number of hydrogen-bond acceptors (Lipinski definition) is 2. The van der Waals surface area contributed by atoms with Gasteiger partial charge in [-0.3, -0.25) is 4.99 Å². The van der Waals surface area contributed by atoms with Crippen LogP contribution in [0.2, 0.25) is 0 Å². The SMILES string of the molecule is CCOC(CCNC(=NC)NCC(C)C)C1CCCC1. The number of ether oxygens (including phenoxy) is 1. The molecule has 0 aromatic heterocycles. The minimum absolute atomic E-state index is 0.415. The van der Waals surface area contributed by atoms with Crippen molar-refractivity contribution in [2.75, 3.05) is 26.7 Å². The zero-order chi connectivity index (χ0) is 14.8. The monoisotopic (exact) mass is 283 g/mol. The Bertz CT molecular complexity index is 273. The number of nitrogens with one attached hydrogen (secondary N) is 2. The lowest BCUT2D eigenvalue weighted by molar-refractivity contribution is 0.0169. The molecule has 1 unspecified atom stereocenters. The van der Waals surface area contributed by atoms with E-state index in [-0.39, 0.29) is 0 Å². The van der Waals surface area contributed by atoms with Gasteiger partial charge in [-0.15, -0.1) is 0 Å². The van der Waals surface area contributed by atoms with Crippen molar-refractivity contribution in [2.45, 2.75) is 59.0 Å². The van der Waals surface area contributed by atoms with E-state index in [4.69, 9.17) is 4.74 Å². The predicted molar refractivity (Wildman–Crippen MR) is 86.2 cm³/mol. The summed E-state index contributed by atoms with van der Waals surface area (Å²) < 4.78 is 5.94. The van der Waals surface area contributed by atoms with Crippen molar-refractivity contribution in [2.24, 2.45) is 16.8 Å². The normalized spacial score (nSPS) is 18.6. The van der Waals surface area contributed by atoms with Gasteiger partial charge in [-0.05, 0) is 38.0 Å². The summed E-state index contributed by atoms with van der Waals surface area (Å²) in [6.07, 6.45) is 6.91. The van der Waals surface area contributed by atoms with Gasteiger partial charge in [-0.1, -0.05) is 26.7 Å². The average Bonchev–Trinajstić information content (AvgIpc) is 2.95. The summed E-state index contributed by atoms with van der Waals surface area (Å²) in [5, 5.41) is 6.74. The van der Waals surface area contributed by atoms with Crippen LogP contribution in [0.3, 0.4) is 0 Å². The van der Waals surface area contributed by atoms with Crippen LogP contribution in [0.5, 0.6) is 0 Å². The van der Waals surface area contributed by atoms with E-state index in [0.717, 1.165) is 38.0 Å².